The van der Waals surface area contributed by atoms with Gasteiger partial charge in [-0.25, -0.2) is 4.39 Å². The molecular weight excluding hydrogens is 425 g/mol. The van der Waals surface area contributed by atoms with Crippen LogP contribution in [-0.4, -0.2) is 48.6 Å². The van der Waals surface area contributed by atoms with Gasteiger partial charge in [-0.2, -0.15) is 0 Å². The van der Waals surface area contributed by atoms with E-state index in [2.05, 4.69) is 0 Å². The molecule has 1 fully saturated rings. The number of hydrogen-bond donors (Lipinski definition) is 1. The molecular formula is C26H30FNO5. The van der Waals surface area contributed by atoms with Crippen molar-refractivity contribution in [3.05, 3.63) is 70.5 Å². The normalized spacial score (nSPS) is 17.8. The number of methoxy groups -OCH3 is 1. The molecule has 1 aliphatic rings. The minimum absolute atomic E-state index is 0.127. The molecule has 7 heteroatoms. The van der Waals surface area contributed by atoms with Gasteiger partial charge in [-0.1, -0.05) is 32.0 Å². The van der Waals surface area contributed by atoms with Crippen molar-refractivity contribution in [2.45, 2.75) is 33.2 Å². The first-order valence-electron chi connectivity index (χ1n) is 11.0. The zero-order chi connectivity index (χ0) is 24.1. The standard InChI is InChI=1S/C26H30FNO5/c1-16(2)15-33-21-11-10-18(14-17(21)3)24(29)22-23(19-8-5-6-9-20(19)27)28(12-7-13-32-4)26(31)25(22)30/h5-6,8-11,14,16,23,29H,7,12-13,15H2,1-4H3/b24-22+. The Kier molecular flexibility index (Phi) is 7.87. The van der Waals surface area contributed by atoms with Crippen molar-refractivity contribution < 1.29 is 28.6 Å². The number of ketones is 1. The summed E-state index contributed by atoms with van der Waals surface area (Å²) in [6, 6.07) is 10.00. The molecule has 0 aromatic heterocycles. The number of aryl methyl sites for hydroxylation is 1. The number of amides is 1. The lowest BCUT2D eigenvalue weighted by Gasteiger charge is -2.25. The molecule has 3 rings (SSSR count). The first kappa shape index (κ1) is 24.5. The quantitative estimate of drug-likeness (QED) is 0.258. The Morgan fingerprint density at radius 3 is 2.55 bits per heavy atom. The highest BCUT2D eigenvalue weighted by Crippen LogP contribution is 2.40. The van der Waals surface area contributed by atoms with E-state index in [9.17, 15) is 19.1 Å². The number of ether oxygens (including phenoxy) is 2. The Morgan fingerprint density at radius 2 is 1.91 bits per heavy atom. The van der Waals surface area contributed by atoms with Gasteiger partial charge in [0.05, 0.1) is 18.2 Å². The van der Waals surface area contributed by atoms with Crippen molar-refractivity contribution in [2.24, 2.45) is 5.92 Å². The zero-order valence-corrected chi connectivity index (χ0v) is 19.4. The molecule has 176 valence electrons. The van der Waals surface area contributed by atoms with E-state index in [-0.39, 0.29) is 23.4 Å². The SMILES string of the molecule is COCCCN1C(=O)C(=O)/C(=C(/O)c2ccc(OCC(C)C)c(C)c2)C1c1ccccc1F. The van der Waals surface area contributed by atoms with Gasteiger partial charge < -0.3 is 19.5 Å². The van der Waals surface area contributed by atoms with Gasteiger partial charge in [-0.15, -0.1) is 0 Å². The Hall–Kier alpha value is -3.19. The van der Waals surface area contributed by atoms with Gasteiger partial charge in [0.15, 0.2) is 0 Å². The number of rotatable bonds is 9. The summed E-state index contributed by atoms with van der Waals surface area (Å²) in [7, 11) is 1.54. The molecule has 0 spiro atoms. The molecule has 33 heavy (non-hydrogen) atoms. The summed E-state index contributed by atoms with van der Waals surface area (Å²) in [4.78, 5) is 27.2. The summed E-state index contributed by atoms with van der Waals surface area (Å²) in [6.07, 6.45) is 0.468. The lowest BCUT2D eigenvalue weighted by Crippen LogP contribution is -2.31. The molecule has 2 aromatic carbocycles. The summed E-state index contributed by atoms with van der Waals surface area (Å²) < 4.78 is 25.6. The van der Waals surface area contributed by atoms with Crippen LogP contribution in [-0.2, 0) is 14.3 Å². The predicted octanol–water partition coefficient (Wildman–Crippen LogP) is 4.63. The van der Waals surface area contributed by atoms with Crippen LogP contribution in [0.5, 0.6) is 5.75 Å². The summed E-state index contributed by atoms with van der Waals surface area (Å²) in [5, 5.41) is 11.1. The highest BCUT2D eigenvalue weighted by atomic mass is 19.1. The second kappa shape index (κ2) is 10.6. The third-order valence-corrected chi connectivity index (χ3v) is 5.51. The predicted molar refractivity (Wildman–Crippen MR) is 123 cm³/mol. The fourth-order valence-electron chi connectivity index (χ4n) is 3.88. The van der Waals surface area contributed by atoms with Crippen LogP contribution < -0.4 is 4.74 Å². The van der Waals surface area contributed by atoms with Crippen LogP contribution in [0.3, 0.4) is 0 Å². The maximum atomic E-state index is 14.8. The lowest BCUT2D eigenvalue weighted by molar-refractivity contribution is -0.140. The number of carbonyl (C=O) groups excluding carboxylic acids is 2. The van der Waals surface area contributed by atoms with Crippen molar-refractivity contribution in [3.63, 3.8) is 0 Å². The van der Waals surface area contributed by atoms with Crippen LogP contribution in [0.2, 0.25) is 0 Å². The number of benzene rings is 2. The van der Waals surface area contributed by atoms with Crippen molar-refractivity contribution in [2.75, 3.05) is 26.9 Å². The van der Waals surface area contributed by atoms with Gasteiger partial charge in [0, 0.05) is 31.4 Å². The smallest absolute Gasteiger partial charge is 0.295 e. The first-order valence-corrected chi connectivity index (χ1v) is 11.0. The van der Waals surface area contributed by atoms with Gasteiger partial charge in [0.25, 0.3) is 11.7 Å². The van der Waals surface area contributed by atoms with Crippen molar-refractivity contribution in [1.29, 1.82) is 0 Å². The Balaban J connectivity index is 2.07. The number of aliphatic hydroxyl groups is 1. The number of hydrogen-bond acceptors (Lipinski definition) is 5. The topological polar surface area (TPSA) is 76.1 Å². The molecule has 1 amide bonds. The monoisotopic (exact) mass is 455 g/mol. The van der Waals surface area contributed by atoms with E-state index in [0.717, 1.165) is 5.56 Å². The maximum Gasteiger partial charge on any atom is 0.295 e. The van der Waals surface area contributed by atoms with Gasteiger partial charge in [0.2, 0.25) is 0 Å². The third kappa shape index (κ3) is 5.25. The van der Waals surface area contributed by atoms with E-state index < -0.39 is 23.5 Å². The molecule has 1 atom stereocenters. The minimum Gasteiger partial charge on any atom is -0.507 e. The van der Waals surface area contributed by atoms with E-state index in [1.165, 1.54) is 23.1 Å². The van der Waals surface area contributed by atoms with Crippen LogP contribution in [0.25, 0.3) is 5.76 Å². The fourth-order valence-corrected chi connectivity index (χ4v) is 3.88. The molecule has 6 nitrogen and oxygen atoms in total. The second-order valence-corrected chi connectivity index (χ2v) is 8.55. The average Bonchev–Trinajstić information content (AvgIpc) is 3.03. The molecule has 0 aliphatic carbocycles. The summed E-state index contributed by atoms with van der Waals surface area (Å²) >= 11 is 0. The largest absolute Gasteiger partial charge is 0.507 e. The molecule has 1 N–H and O–H groups in total. The summed E-state index contributed by atoms with van der Waals surface area (Å²) in [5.74, 6) is -1.47. The average molecular weight is 456 g/mol. The number of likely N-dealkylation sites (tertiary alicyclic amines) is 1. The number of nitrogens with zero attached hydrogens (tertiary/aromatic N) is 1. The molecule has 2 aromatic rings. The van der Waals surface area contributed by atoms with E-state index >= 15 is 0 Å². The second-order valence-electron chi connectivity index (χ2n) is 8.55. The fraction of sp³-hybridized carbons (Fsp3) is 0.385. The third-order valence-electron chi connectivity index (χ3n) is 5.51. The maximum absolute atomic E-state index is 14.8. The van der Waals surface area contributed by atoms with Crippen molar-refractivity contribution in [3.8, 4) is 5.75 Å². The summed E-state index contributed by atoms with van der Waals surface area (Å²) in [5.41, 5.74) is 1.17. The highest BCUT2D eigenvalue weighted by Gasteiger charge is 2.46. The van der Waals surface area contributed by atoms with Gasteiger partial charge in [0.1, 0.15) is 17.3 Å². The van der Waals surface area contributed by atoms with Crippen LogP contribution in [0.1, 0.15) is 43.0 Å². The minimum atomic E-state index is -1.03. The molecule has 0 radical (unpaired) electrons. The molecule has 0 bridgehead atoms. The number of Topliss-reactive ketones (excluding diaryl/α,β-unsaturated/α-hetero) is 1. The van der Waals surface area contributed by atoms with Crippen LogP contribution in [0, 0.1) is 18.7 Å². The Labute approximate surface area is 193 Å². The lowest BCUT2D eigenvalue weighted by atomic mass is 9.94. The number of aliphatic hydroxyl groups excluding tert-OH is 1. The highest BCUT2D eigenvalue weighted by molar-refractivity contribution is 6.46. The van der Waals surface area contributed by atoms with E-state index in [1.807, 2.05) is 20.8 Å². The van der Waals surface area contributed by atoms with Crippen molar-refractivity contribution in [1.82, 2.24) is 4.90 Å². The molecule has 1 aliphatic heterocycles. The first-order chi connectivity index (χ1) is 15.8. The molecule has 0 saturated carbocycles. The number of halogens is 1. The van der Waals surface area contributed by atoms with Crippen LogP contribution >= 0.6 is 0 Å². The van der Waals surface area contributed by atoms with Crippen LogP contribution in [0.4, 0.5) is 4.39 Å². The number of carbonyl (C=O) groups is 2. The van der Waals surface area contributed by atoms with Crippen molar-refractivity contribution >= 4 is 17.4 Å². The summed E-state index contributed by atoms with van der Waals surface area (Å²) in [6.45, 7) is 7.04. The Morgan fingerprint density at radius 1 is 1.18 bits per heavy atom. The molecule has 1 unspecified atom stereocenters. The van der Waals surface area contributed by atoms with Gasteiger partial charge in [-0.3, -0.25) is 9.59 Å². The van der Waals surface area contributed by atoms with E-state index in [1.54, 1.807) is 31.4 Å². The van der Waals surface area contributed by atoms with Gasteiger partial charge in [-0.05, 0) is 49.1 Å². The van der Waals surface area contributed by atoms with Gasteiger partial charge >= 0.3 is 0 Å². The van der Waals surface area contributed by atoms with E-state index in [0.29, 0.717) is 36.9 Å². The Bertz CT molecular complexity index is 1060. The van der Waals surface area contributed by atoms with E-state index in [4.69, 9.17) is 9.47 Å². The molecule has 1 heterocycles. The zero-order valence-electron chi connectivity index (χ0n) is 19.4. The van der Waals surface area contributed by atoms with Crippen LogP contribution in [0.15, 0.2) is 48.0 Å². The molecule has 1 saturated heterocycles.